The summed E-state index contributed by atoms with van der Waals surface area (Å²) in [6, 6.07) is 8.76. The molecule has 80 valence electrons. The summed E-state index contributed by atoms with van der Waals surface area (Å²) in [5.41, 5.74) is 3.04. The topological polar surface area (TPSA) is 0 Å². The van der Waals surface area contributed by atoms with Crippen LogP contribution in [-0.2, 0) is 6.42 Å². The van der Waals surface area contributed by atoms with Gasteiger partial charge in [-0.05, 0) is 29.9 Å². The fourth-order valence-electron chi connectivity index (χ4n) is 1.56. The Bertz CT molecular complexity index is 238. The molecule has 0 bridgehead atoms. The summed E-state index contributed by atoms with van der Waals surface area (Å²) >= 11 is 0. The van der Waals surface area contributed by atoms with Crippen LogP contribution in [0.1, 0.15) is 58.1 Å². The Morgan fingerprint density at radius 2 is 1.64 bits per heavy atom. The fourth-order valence-corrected chi connectivity index (χ4v) is 1.56. The van der Waals surface area contributed by atoms with Gasteiger partial charge in [0.25, 0.3) is 0 Å². The molecule has 0 aliphatic rings. The van der Waals surface area contributed by atoms with Gasteiger partial charge in [0.1, 0.15) is 0 Å². The first-order chi connectivity index (χ1) is 6.79. The van der Waals surface area contributed by atoms with E-state index in [2.05, 4.69) is 45.0 Å². The highest BCUT2D eigenvalue weighted by Crippen LogP contribution is 2.22. The van der Waals surface area contributed by atoms with E-state index in [9.17, 15) is 0 Å². The van der Waals surface area contributed by atoms with Crippen molar-refractivity contribution in [2.75, 3.05) is 0 Å². The van der Waals surface area contributed by atoms with Crippen LogP contribution in [-0.4, -0.2) is 0 Å². The second-order valence-electron chi connectivity index (χ2n) is 3.36. The zero-order chi connectivity index (χ0) is 11.0. The van der Waals surface area contributed by atoms with Crippen LogP contribution in [0, 0.1) is 0 Å². The van der Waals surface area contributed by atoms with Crippen molar-refractivity contribution in [2.45, 2.75) is 53.4 Å². The highest BCUT2D eigenvalue weighted by atomic mass is 14.1. The molecule has 0 aromatic heterocycles. The van der Waals surface area contributed by atoms with Gasteiger partial charge in [-0.3, -0.25) is 0 Å². The summed E-state index contributed by atoms with van der Waals surface area (Å²) < 4.78 is 0. The van der Waals surface area contributed by atoms with Crippen LogP contribution in [0.5, 0.6) is 0 Å². The molecule has 0 heteroatoms. The van der Waals surface area contributed by atoms with Crippen LogP contribution in [0.3, 0.4) is 0 Å². The molecule has 0 saturated heterocycles. The van der Waals surface area contributed by atoms with Crippen molar-refractivity contribution >= 4 is 0 Å². The Morgan fingerprint density at radius 3 is 2.14 bits per heavy atom. The normalized spacial score (nSPS) is 11.5. The molecule has 1 aromatic rings. The number of benzene rings is 1. The predicted molar refractivity (Wildman–Crippen MR) is 65.9 cm³/mol. The SMILES string of the molecule is CC.CCc1ccccc1C(C)CC. The van der Waals surface area contributed by atoms with Gasteiger partial charge < -0.3 is 0 Å². The van der Waals surface area contributed by atoms with Crippen molar-refractivity contribution < 1.29 is 0 Å². The van der Waals surface area contributed by atoms with Gasteiger partial charge in [-0.15, -0.1) is 0 Å². The van der Waals surface area contributed by atoms with E-state index in [4.69, 9.17) is 0 Å². The van der Waals surface area contributed by atoms with Crippen LogP contribution >= 0.6 is 0 Å². The van der Waals surface area contributed by atoms with Crippen LogP contribution in [0.2, 0.25) is 0 Å². The molecule has 0 radical (unpaired) electrons. The van der Waals surface area contributed by atoms with Gasteiger partial charge in [0.2, 0.25) is 0 Å². The van der Waals surface area contributed by atoms with E-state index < -0.39 is 0 Å². The van der Waals surface area contributed by atoms with Gasteiger partial charge in [-0.2, -0.15) is 0 Å². The minimum Gasteiger partial charge on any atom is -0.0683 e. The summed E-state index contributed by atoms with van der Waals surface area (Å²) in [7, 11) is 0. The molecule has 0 fully saturated rings. The summed E-state index contributed by atoms with van der Waals surface area (Å²) in [5.74, 6) is 0.709. The fraction of sp³-hybridized carbons (Fsp3) is 0.571. The lowest BCUT2D eigenvalue weighted by Gasteiger charge is -2.13. The van der Waals surface area contributed by atoms with Crippen LogP contribution in [0.4, 0.5) is 0 Å². The molecule has 0 amide bonds. The van der Waals surface area contributed by atoms with Crippen molar-refractivity contribution in [1.82, 2.24) is 0 Å². The summed E-state index contributed by atoms with van der Waals surface area (Å²) in [5, 5.41) is 0. The lowest BCUT2D eigenvalue weighted by molar-refractivity contribution is 0.723. The average molecular weight is 192 g/mol. The largest absolute Gasteiger partial charge is 0.0683 e. The van der Waals surface area contributed by atoms with Crippen molar-refractivity contribution in [1.29, 1.82) is 0 Å². The van der Waals surface area contributed by atoms with Crippen molar-refractivity contribution in [3.63, 3.8) is 0 Å². The smallest absolute Gasteiger partial charge is 0.0190 e. The van der Waals surface area contributed by atoms with Crippen molar-refractivity contribution in [3.05, 3.63) is 35.4 Å². The number of rotatable bonds is 3. The van der Waals surface area contributed by atoms with Gasteiger partial charge in [0.05, 0.1) is 0 Å². The van der Waals surface area contributed by atoms with E-state index in [1.54, 1.807) is 0 Å². The third-order valence-corrected chi connectivity index (χ3v) is 2.58. The molecule has 0 heterocycles. The first-order valence-corrected chi connectivity index (χ1v) is 5.87. The maximum atomic E-state index is 2.30. The molecule has 1 aromatic carbocycles. The lowest BCUT2D eigenvalue weighted by atomic mass is 9.93. The van der Waals surface area contributed by atoms with Gasteiger partial charge in [0, 0.05) is 0 Å². The Balaban J connectivity index is 0.000000791. The Hall–Kier alpha value is -0.780. The standard InChI is InChI=1S/C12H18.C2H6/c1-4-10(3)12-9-7-6-8-11(12)5-2;1-2/h6-10H,4-5H2,1-3H3;1-2H3. The molecule has 14 heavy (non-hydrogen) atoms. The third kappa shape index (κ3) is 3.53. The lowest BCUT2D eigenvalue weighted by Crippen LogP contribution is -1.96. The number of hydrogen-bond donors (Lipinski definition) is 0. The van der Waals surface area contributed by atoms with Crippen LogP contribution < -0.4 is 0 Å². The monoisotopic (exact) mass is 192 g/mol. The predicted octanol–water partition coefficient (Wildman–Crippen LogP) is 4.79. The molecule has 0 spiro atoms. The molecule has 0 saturated carbocycles. The van der Waals surface area contributed by atoms with E-state index in [0.717, 1.165) is 6.42 Å². The molecular formula is C14H24. The van der Waals surface area contributed by atoms with Crippen LogP contribution in [0.25, 0.3) is 0 Å². The van der Waals surface area contributed by atoms with E-state index in [-0.39, 0.29) is 0 Å². The van der Waals surface area contributed by atoms with Crippen molar-refractivity contribution in [3.8, 4) is 0 Å². The Morgan fingerprint density at radius 1 is 1.07 bits per heavy atom. The minimum absolute atomic E-state index is 0.709. The van der Waals surface area contributed by atoms with E-state index in [0.29, 0.717) is 5.92 Å². The van der Waals surface area contributed by atoms with E-state index in [1.165, 1.54) is 17.5 Å². The summed E-state index contributed by atoms with van der Waals surface area (Å²) in [4.78, 5) is 0. The number of hydrogen-bond acceptors (Lipinski definition) is 0. The van der Waals surface area contributed by atoms with E-state index >= 15 is 0 Å². The Labute approximate surface area is 89.4 Å². The Kier molecular flexibility index (Phi) is 7.18. The number of aryl methyl sites for hydroxylation is 1. The first kappa shape index (κ1) is 13.2. The van der Waals surface area contributed by atoms with Crippen LogP contribution in [0.15, 0.2) is 24.3 Å². The molecule has 1 rings (SSSR count). The second-order valence-corrected chi connectivity index (χ2v) is 3.36. The summed E-state index contributed by atoms with van der Waals surface area (Å²) in [6.07, 6.45) is 2.39. The highest BCUT2D eigenvalue weighted by Gasteiger charge is 2.05. The molecule has 1 atom stereocenters. The molecule has 1 unspecified atom stereocenters. The highest BCUT2D eigenvalue weighted by molar-refractivity contribution is 5.29. The molecule has 0 N–H and O–H groups in total. The average Bonchev–Trinajstić information content (AvgIpc) is 2.30. The molecular weight excluding hydrogens is 168 g/mol. The quantitative estimate of drug-likeness (QED) is 0.646. The summed E-state index contributed by atoms with van der Waals surface area (Å²) in [6.45, 7) is 10.8. The first-order valence-electron chi connectivity index (χ1n) is 5.87. The van der Waals surface area contributed by atoms with Gasteiger partial charge >= 0.3 is 0 Å². The van der Waals surface area contributed by atoms with Crippen molar-refractivity contribution in [2.24, 2.45) is 0 Å². The molecule has 0 aliphatic carbocycles. The third-order valence-electron chi connectivity index (χ3n) is 2.58. The van der Waals surface area contributed by atoms with E-state index in [1.807, 2.05) is 13.8 Å². The second kappa shape index (κ2) is 7.61. The van der Waals surface area contributed by atoms with Gasteiger partial charge in [0.15, 0.2) is 0 Å². The molecule has 0 nitrogen and oxygen atoms in total. The van der Waals surface area contributed by atoms with Gasteiger partial charge in [-0.1, -0.05) is 58.9 Å². The minimum atomic E-state index is 0.709. The van der Waals surface area contributed by atoms with Gasteiger partial charge in [-0.25, -0.2) is 0 Å². The maximum Gasteiger partial charge on any atom is -0.0190 e. The molecule has 0 aliphatic heterocycles. The zero-order valence-electron chi connectivity index (χ0n) is 10.3. The maximum absolute atomic E-state index is 2.30. The zero-order valence-corrected chi connectivity index (χ0v) is 10.3.